The minimum Gasteiger partial charge on any atom is -0.449 e. The van der Waals surface area contributed by atoms with Crippen LogP contribution in [0.2, 0.25) is 0 Å². The number of esters is 1. The van der Waals surface area contributed by atoms with Gasteiger partial charge in [0.05, 0.1) is 5.41 Å². The molecule has 0 saturated carbocycles. The van der Waals surface area contributed by atoms with Crippen molar-refractivity contribution in [3.05, 3.63) is 0 Å². The first-order chi connectivity index (χ1) is 6.69. The van der Waals surface area contributed by atoms with E-state index in [-0.39, 0.29) is 12.8 Å². The number of hydrogen-bond acceptors (Lipinski definition) is 4. The Morgan fingerprint density at radius 3 is 2.27 bits per heavy atom. The predicted molar refractivity (Wildman–Crippen MR) is 53.6 cm³/mol. The van der Waals surface area contributed by atoms with Crippen LogP contribution in [0.4, 0.5) is 0 Å². The van der Waals surface area contributed by atoms with Crippen LogP contribution in [-0.4, -0.2) is 22.1 Å². The lowest BCUT2D eigenvalue weighted by atomic mass is 9.81. The molecular weight excluding hydrogens is 243 g/mol. The molecule has 2 atom stereocenters. The van der Waals surface area contributed by atoms with Crippen LogP contribution in [-0.2, 0) is 19.1 Å². The summed E-state index contributed by atoms with van der Waals surface area (Å²) in [5.74, 6) is -0.618. The fourth-order valence-electron chi connectivity index (χ4n) is 1.73. The smallest absolute Gasteiger partial charge is 0.313 e. The summed E-state index contributed by atoms with van der Waals surface area (Å²) in [6, 6.07) is 0. The SMILES string of the molecule is C[C@@]1(CC(=O)Cl)C[C@](C)(C(=O)Cl)OC1=O. The molecule has 0 aromatic heterocycles. The van der Waals surface area contributed by atoms with Gasteiger partial charge in [-0.15, -0.1) is 0 Å². The molecule has 0 amide bonds. The third kappa shape index (κ3) is 2.32. The molecule has 0 unspecified atom stereocenters. The van der Waals surface area contributed by atoms with E-state index in [0.29, 0.717) is 0 Å². The van der Waals surface area contributed by atoms with Crippen LogP contribution in [0.15, 0.2) is 0 Å². The van der Waals surface area contributed by atoms with Crippen LogP contribution in [0.1, 0.15) is 26.7 Å². The van der Waals surface area contributed by atoms with Gasteiger partial charge in [-0.2, -0.15) is 0 Å². The van der Waals surface area contributed by atoms with Crippen molar-refractivity contribution in [2.75, 3.05) is 0 Å². The van der Waals surface area contributed by atoms with Crippen LogP contribution in [0, 0.1) is 5.41 Å². The van der Waals surface area contributed by atoms with E-state index < -0.39 is 27.5 Å². The maximum Gasteiger partial charge on any atom is 0.313 e. The zero-order valence-corrected chi connectivity index (χ0v) is 9.81. The van der Waals surface area contributed by atoms with Crippen LogP contribution in [0.25, 0.3) is 0 Å². The Morgan fingerprint density at radius 1 is 1.40 bits per heavy atom. The largest absolute Gasteiger partial charge is 0.449 e. The number of halogens is 2. The highest BCUT2D eigenvalue weighted by Crippen LogP contribution is 2.44. The van der Waals surface area contributed by atoms with Crippen molar-refractivity contribution in [2.24, 2.45) is 5.41 Å². The Hall–Kier alpha value is -0.610. The van der Waals surface area contributed by atoms with Gasteiger partial charge >= 0.3 is 5.97 Å². The molecule has 1 rings (SSSR count). The van der Waals surface area contributed by atoms with Crippen LogP contribution < -0.4 is 0 Å². The minimum atomic E-state index is -1.35. The molecule has 0 spiro atoms. The van der Waals surface area contributed by atoms with E-state index in [2.05, 4.69) is 0 Å². The highest BCUT2D eigenvalue weighted by Gasteiger charge is 2.55. The molecule has 1 aliphatic rings. The maximum absolute atomic E-state index is 11.5. The maximum atomic E-state index is 11.5. The average molecular weight is 253 g/mol. The second-order valence-corrected chi connectivity index (χ2v) is 4.93. The third-order valence-corrected chi connectivity index (χ3v) is 3.02. The van der Waals surface area contributed by atoms with Crippen molar-refractivity contribution in [3.63, 3.8) is 0 Å². The van der Waals surface area contributed by atoms with Crippen molar-refractivity contribution in [1.82, 2.24) is 0 Å². The minimum absolute atomic E-state index is 0.0691. The fraction of sp³-hybridized carbons (Fsp3) is 0.667. The van der Waals surface area contributed by atoms with Crippen LogP contribution in [0.5, 0.6) is 0 Å². The summed E-state index contributed by atoms with van der Waals surface area (Å²) >= 11 is 10.5. The third-order valence-electron chi connectivity index (χ3n) is 2.48. The molecule has 0 N–H and O–H groups in total. The number of carbonyl (C=O) groups excluding carboxylic acids is 3. The summed E-state index contributed by atoms with van der Waals surface area (Å²) in [7, 11) is 0. The molecule has 6 heteroatoms. The van der Waals surface area contributed by atoms with E-state index in [1.807, 2.05) is 0 Å². The topological polar surface area (TPSA) is 60.4 Å². The fourth-order valence-corrected chi connectivity index (χ4v) is 2.13. The normalized spacial score (nSPS) is 35.1. The summed E-state index contributed by atoms with van der Waals surface area (Å²) < 4.78 is 4.90. The lowest BCUT2D eigenvalue weighted by Crippen LogP contribution is -2.32. The highest BCUT2D eigenvalue weighted by atomic mass is 35.5. The van der Waals surface area contributed by atoms with Gasteiger partial charge in [-0.3, -0.25) is 14.4 Å². The van der Waals surface area contributed by atoms with Crippen molar-refractivity contribution < 1.29 is 19.1 Å². The van der Waals surface area contributed by atoms with Crippen LogP contribution >= 0.6 is 23.2 Å². The Kier molecular flexibility index (Phi) is 3.12. The number of hydrogen-bond donors (Lipinski definition) is 0. The first-order valence-corrected chi connectivity index (χ1v) is 5.07. The van der Waals surface area contributed by atoms with Gasteiger partial charge in [-0.25, -0.2) is 0 Å². The van der Waals surface area contributed by atoms with E-state index >= 15 is 0 Å². The molecule has 0 aliphatic carbocycles. The second kappa shape index (κ2) is 3.76. The van der Waals surface area contributed by atoms with Crippen molar-refractivity contribution in [1.29, 1.82) is 0 Å². The molecule has 84 valence electrons. The standard InChI is InChI=1S/C9H10Cl2O4/c1-8(3-5(10)12)4-9(2,6(11)13)15-7(8)14/h3-4H2,1-2H3/t8-,9-/m1/s1. The van der Waals surface area contributed by atoms with Crippen molar-refractivity contribution in [2.45, 2.75) is 32.3 Å². The molecule has 1 saturated heterocycles. The van der Waals surface area contributed by atoms with Crippen molar-refractivity contribution in [3.8, 4) is 0 Å². The average Bonchev–Trinajstić information content (AvgIpc) is 2.21. The summed E-state index contributed by atoms with van der Waals surface area (Å²) in [6.45, 7) is 2.95. The van der Waals surface area contributed by atoms with E-state index in [1.165, 1.54) is 13.8 Å². The van der Waals surface area contributed by atoms with Gasteiger partial charge in [-0.05, 0) is 37.0 Å². The molecule has 0 bridgehead atoms. The highest BCUT2D eigenvalue weighted by molar-refractivity contribution is 6.65. The molecule has 1 heterocycles. The molecule has 0 aromatic carbocycles. The van der Waals surface area contributed by atoms with Gasteiger partial charge in [-0.1, -0.05) is 0 Å². The zero-order chi connectivity index (χ0) is 11.9. The van der Waals surface area contributed by atoms with E-state index in [1.54, 1.807) is 0 Å². The first-order valence-electron chi connectivity index (χ1n) is 4.31. The lowest BCUT2D eigenvalue weighted by Gasteiger charge is -2.18. The molecule has 1 aliphatic heterocycles. The monoisotopic (exact) mass is 252 g/mol. The molecular formula is C9H10Cl2O4. The number of rotatable bonds is 3. The predicted octanol–water partition coefficient (Wildman–Crippen LogP) is 1.62. The van der Waals surface area contributed by atoms with Crippen LogP contribution in [0.3, 0.4) is 0 Å². The summed E-state index contributed by atoms with van der Waals surface area (Å²) in [5, 5.41) is -1.39. The van der Waals surface area contributed by atoms with Gasteiger partial charge in [0.15, 0.2) is 5.60 Å². The number of carbonyl (C=O) groups is 3. The van der Waals surface area contributed by atoms with Gasteiger partial charge in [0.2, 0.25) is 5.24 Å². The molecule has 0 radical (unpaired) electrons. The van der Waals surface area contributed by atoms with Gasteiger partial charge in [0.25, 0.3) is 5.24 Å². The first kappa shape index (κ1) is 12.5. The van der Waals surface area contributed by atoms with Gasteiger partial charge < -0.3 is 4.74 Å². The summed E-state index contributed by atoms with van der Waals surface area (Å²) in [4.78, 5) is 33.3. The Balaban J connectivity index is 2.93. The molecule has 15 heavy (non-hydrogen) atoms. The Labute approximate surface area is 96.9 Å². The quantitative estimate of drug-likeness (QED) is 0.566. The molecule has 1 fully saturated rings. The van der Waals surface area contributed by atoms with Gasteiger partial charge in [0, 0.05) is 12.8 Å². The molecule has 4 nitrogen and oxygen atoms in total. The molecule has 0 aromatic rings. The number of cyclic esters (lactones) is 1. The van der Waals surface area contributed by atoms with E-state index in [9.17, 15) is 14.4 Å². The van der Waals surface area contributed by atoms with E-state index in [0.717, 1.165) is 0 Å². The van der Waals surface area contributed by atoms with E-state index in [4.69, 9.17) is 27.9 Å². The summed E-state index contributed by atoms with van der Waals surface area (Å²) in [6.07, 6.45) is -0.0905. The zero-order valence-electron chi connectivity index (χ0n) is 8.30. The summed E-state index contributed by atoms with van der Waals surface area (Å²) in [5.41, 5.74) is -2.40. The Morgan fingerprint density at radius 2 is 1.93 bits per heavy atom. The van der Waals surface area contributed by atoms with Gasteiger partial charge in [0.1, 0.15) is 0 Å². The number of ether oxygens (including phenoxy) is 1. The lowest BCUT2D eigenvalue weighted by molar-refractivity contribution is -0.156. The Bertz CT molecular complexity index is 341. The second-order valence-electron chi connectivity index (χ2n) is 4.16. The van der Waals surface area contributed by atoms with Crippen molar-refractivity contribution >= 4 is 39.7 Å².